The molecule has 1 fully saturated rings. The van der Waals surface area contributed by atoms with E-state index in [1.807, 2.05) is 34.6 Å². The number of amides is 4. The second-order valence-electron chi connectivity index (χ2n) is 11.0. The molecule has 2 aliphatic rings. The van der Waals surface area contributed by atoms with Gasteiger partial charge in [-0.25, -0.2) is 4.79 Å². The number of nitrogens with one attached hydrogen (secondary N) is 6. The number of rotatable bonds is 5. The lowest BCUT2D eigenvalue weighted by Gasteiger charge is -2.12. The second kappa shape index (κ2) is 11.2. The first-order chi connectivity index (χ1) is 18.5. The number of halogens is 1. The molecule has 2 aliphatic heterocycles. The number of aryl methyl sites for hydroxylation is 1. The molecule has 2 aromatic heterocycles. The lowest BCUT2D eigenvalue weighted by atomic mass is 9.93. The van der Waals surface area contributed by atoms with Gasteiger partial charge in [0.05, 0.1) is 22.9 Å². The number of hydrogen-bond acceptors (Lipinski definition) is 6. The predicted octanol–water partition coefficient (Wildman–Crippen LogP) is 5.02. The minimum atomic E-state index is -0.482. The molecule has 6 N–H and O–H groups in total. The summed E-state index contributed by atoms with van der Waals surface area (Å²) < 4.78 is 5.30. The second-order valence-corrected chi connectivity index (χ2v) is 11.0. The van der Waals surface area contributed by atoms with Gasteiger partial charge in [-0.1, -0.05) is 32.0 Å². The standard InChI is InChI=1S/C28H33N7O4.ClH/c1-14-20(30-15(2)24(14)34-25(36)16-8-9-29-13-16)11-19-18-7-6-17(10-21(18)32-26(19)37)31-27(38)33-23-12-22(39-35-23)28(3,4)5;/h6-7,10-12,16,29-30H,8-9,13H2,1-5H3,(H,32,37)(H,34,36)(H2,31,33,35,38);1H/b19-11-;/t16-;/m0./s1. The van der Waals surface area contributed by atoms with Crippen LogP contribution in [0, 0.1) is 19.8 Å². The third-order valence-electron chi connectivity index (χ3n) is 7.00. The average Bonchev–Trinajstić information content (AvgIpc) is 3.65. The molecule has 1 atom stereocenters. The largest absolute Gasteiger partial charge is 0.359 e. The van der Waals surface area contributed by atoms with Gasteiger partial charge >= 0.3 is 6.03 Å². The molecule has 1 aromatic carbocycles. The molecule has 0 spiro atoms. The van der Waals surface area contributed by atoms with Gasteiger partial charge in [-0.3, -0.25) is 14.9 Å². The molecule has 4 heterocycles. The smallest absolute Gasteiger partial charge is 0.324 e. The van der Waals surface area contributed by atoms with Gasteiger partial charge in [0.15, 0.2) is 5.82 Å². The van der Waals surface area contributed by atoms with Crippen LogP contribution in [0.5, 0.6) is 0 Å². The van der Waals surface area contributed by atoms with Crippen LogP contribution in [-0.4, -0.2) is 41.1 Å². The highest BCUT2D eigenvalue weighted by molar-refractivity contribution is 6.35. The molecule has 1 saturated heterocycles. The summed E-state index contributed by atoms with van der Waals surface area (Å²) in [5, 5.41) is 18.4. The van der Waals surface area contributed by atoms with Gasteiger partial charge in [0.2, 0.25) is 5.91 Å². The Hall–Kier alpha value is -4.09. The van der Waals surface area contributed by atoms with Gasteiger partial charge in [-0.2, -0.15) is 0 Å². The number of benzene rings is 1. The van der Waals surface area contributed by atoms with Crippen molar-refractivity contribution in [2.45, 2.75) is 46.5 Å². The number of urea groups is 1. The number of fused-ring (bicyclic) bond motifs is 1. The predicted molar refractivity (Wildman–Crippen MR) is 158 cm³/mol. The van der Waals surface area contributed by atoms with Crippen LogP contribution in [-0.2, 0) is 15.0 Å². The minimum Gasteiger partial charge on any atom is -0.359 e. The van der Waals surface area contributed by atoms with E-state index in [1.54, 1.807) is 30.3 Å². The molecule has 12 heteroatoms. The Balaban J connectivity index is 0.00000370. The SMILES string of the molecule is Cc1[nH]c(/C=C2\C(=O)Nc3cc(NC(=O)Nc4cc(C(C)(C)C)on4)ccc32)c(C)c1NC(=O)[C@H]1CCNC1.Cl. The summed E-state index contributed by atoms with van der Waals surface area (Å²) in [4.78, 5) is 41.3. The molecule has 40 heavy (non-hydrogen) atoms. The Kier molecular flexibility index (Phi) is 8.08. The van der Waals surface area contributed by atoms with E-state index >= 15 is 0 Å². The summed E-state index contributed by atoms with van der Waals surface area (Å²) in [6.07, 6.45) is 2.60. The van der Waals surface area contributed by atoms with Crippen LogP contribution in [0.3, 0.4) is 0 Å². The number of aromatic amines is 1. The summed E-state index contributed by atoms with van der Waals surface area (Å²) in [5.41, 5.74) is 5.23. The van der Waals surface area contributed by atoms with Gasteiger partial charge in [-0.05, 0) is 50.6 Å². The molecule has 0 bridgehead atoms. The number of aromatic nitrogens is 2. The number of carbonyl (C=O) groups is 3. The maximum absolute atomic E-state index is 12.9. The molecule has 11 nitrogen and oxygen atoms in total. The topological polar surface area (TPSA) is 153 Å². The Morgan fingerprint density at radius 2 is 1.90 bits per heavy atom. The van der Waals surface area contributed by atoms with E-state index < -0.39 is 6.03 Å². The van der Waals surface area contributed by atoms with Crippen LogP contribution >= 0.6 is 12.4 Å². The maximum Gasteiger partial charge on any atom is 0.324 e. The van der Waals surface area contributed by atoms with Crippen molar-refractivity contribution in [3.05, 3.63) is 52.5 Å². The Bertz CT molecular complexity index is 1490. The van der Waals surface area contributed by atoms with Crippen molar-refractivity contribution in [1.29, 1.82) is 0 Å². The Morgan fingerprint density at radius 3 is 2.58 bits per heavy atom. The van der Waals surface area contributed by atoms with Crippen LogP contribution in [0.2, 0.25) is 0 Å². The van der Waals surface area contributed by atoms with Crippen molar-refractivity contribution in [3.8, 4) is 0 Å². The molecule has 0 unspecified atom stereocenters. The summed E-state index contributed by atoms with van der Waals surface area (Å²) in [6, 6.07) is 6.41. The summed E-state index contributed by atoms with van der Waals surface area (Å²) >= 11 is 0. The zero-order valence-electron chi connectivity index (χ0n) is 23.1. The van der Waals surface area contributed by atoms with Crippen molar-refractivity contribution in [2.24, 2.45) is 5.92 Å². The van der Waals surface area contributed by atoms with Crippen molar-refractivity contribution >= 4 is 64.8 Å². The fraction of sp³-hybridized carbons (Fsp3) is 0.357. The normalized spacial score (nSPS) is 17.3. The van der Waals surface area contributed by atoms with Crippen LogP contribution in [0.25, 0.3) is 11.6 Å². The van der Waals surface area contributed by atoms with E-state index in [1.165, 1.54) is 0 Å². The van der Waals surface area contributed by atoms with Crippen LogP contribution < -0.4 is 26.6 Å². The van der Waals surface area contributed by atoms with Crippen molar-refractivity contribution in [1.82, 2.24) is 15.5 Å². The maximum atomic E-state index is 12.9. The molecule has 4 amide bonds. The number of hydrogen-bond donors (Lipinski definition) is 6. The molecular formula is C28H34ClN7O4. The van der Waals surface area contributed by atoms with E-state index in [2.05, 4.69) is 36.7 Å². The highest BCUT2D eigenvalue weighted by atomic mass is 35.5. The van der Waals surface area contributed by atoms with E-state index in [4.69, 9.17) is 4.52 Å². The molecule has 3 aromatic rings. The number of anilines is 4. The quantitative estimate of drug-likeness (QED) is 0.238. The minimum absolute atomic E-state index is 0. The van der Waals surface area contributed by atoms with Crippen molar-refractivity contribution in [2.75, 3.05) is 34.4 Å². The van der Waals surface area contributed by atoms with Crippen LogP contribution in [0.1, 0.15) is 55.5 Å². The van der Waals surface area contributed by atoms with Crippen LogP contribution in [0.15, 0.2) is 28.8 Å². The first-order valence-electron chi connectivity index (χ1n) is 12.9. The van der Waals surface area contributed by atoms with Crippen molar-refractivity contribution in [3.63, 3.8) is 0 Å². The highest BCUT2D eigenvalue weighted by Gasteiger charge is 2.27. The van der Waals surface area contributed by atoms with E-state index in [0.717, 1.165) is 35.6 Å². The van der Waals surface area contributed by atoms with E-state index in [0.29, 0.717) is 40.6 Å². The summed E-state index contributed by atoms with van der Waals surface area (Å²) in [6.45, 7) is 11.3. The van der Waals surface area contributed by atoms with Gasteiger partial charge in [0, 0.05) is 40.7 Å². The van der Waals surface area contributed by atoms with Crippen molar-refractivity contribution < 1.29 is 18.9 Å². The zero-order chi connectivity index (χ0) is 27.9. The monoisotopic (exact) mass is 567 g/mol. The lowest BCUT2D eigenvalue weighted by Crippen LogP contribution is -2.25. The fourth-order valence-electron chi connectivity index (χ4n) is 4.74. The Labute approximate surface area is 238 Å². The molecule has 0 radical (unpaired) electrons. The van der Waals surface area contributed by atoms with Gasteiger partial charge in [0.1, 0.15) is 5.76 Å². The van der Waals surface area contributed by atoms with E-state index in [-0.39, 0.29) is 35.6 Å². The molecule has 212 valence electrons. The average molecular weight is 568 g/mol. The third-order valence-corrected chi connectivity index (χ3v) is 7.00. The molecular weight excluding hydrogens is 534 g/mol. The van der Waals surface area contributed by atoms with Gasteiger partial charge in [0.25, 0.3) is 5.91 Å². The first kappa shape index (κ1) is 28.9. The van der Waals surface area contributed by atoms with Crippen LogP contribution in [0.4, 0.5) is 27.7 Å². The lowest BCUT2D eigenvalue weighted by molar-refractivity contribution is -0.119. The molecule has 0 saturated carbocycles. The fourth-order valence-corrected chi connectivity index (χ4v) is 4.74. The number of H-pyrrole nitrogens is 1. The number of carbonyl (C=O) groups excluding carboxylic acids is 3. The van der Waals surface area contributed by atoms with E-state index in [9.17, 15) is 14.4 Å². The van der Waals surface area contributed by atoms with Gasteiger partial charge < -0.3 is 30.8 Å². The molecule has 0 aliphatic carbocycles. The first-order valence-corrected chi connectivity index (χ1v) is 12.9. The zero-order valence-corrected chi connectivity index (χ0v) is 23.9. The molecule has 5 rings (SSSR count). The highest BCUT2D eigenvalue weighted by Crippen LogP contribution is 2.36. The Morgan fingerprint density at radius 1 is 1.12 bits per heavy atom. The van der Waals surface area contributed by atoms with Gasteiger partial charge in [-0.15, -0.1) is 12.4 Å². The third kappa shape index (κ3) is 5.90. The number of nitrogens with zero attached hydrogens (tertiary/aromatic N) is 1. The summed E-state index contributed by atoms with van der Waals surface area (Å²) in [7, 11) is 0. The summed E-state index contributed by atoms with van der Waals surface area (Å²) in [5.74, 6) is 0.665.